The van der Waals surface area contributed by atoms with Crippen molar-refractivity contribution < 1.29 is 14.0 Å². The number of benzene rings is 1. The SMILES string of the molecule is COc1ccc(-c2cc(CN=[N+]=[N-])on2)cc1OC. The number of ether oxygens (including phenoxy) is 2. The number of methoxy groups -OCH3 is 2. The van der Waals surface area contributed by atoms with Crippen LogP contribution < -0.4 is 9.47 Å². The second-order valence-corrected chi connectivity index (χ2v) is 3.64. The van der Waals surface area contributed by atoms with E-state index < -0.39 is 0 Å². The number of nitrogens with zero attached hydrogens (tertiary/aromatic N) is 4. The first-order chi connectivity index (χ1) is 9.28. The smallest absolute Gasteiger partial charge is 0.161 e. The Kier molecular flexibility index (Phi) is 3.90. The topological polar surface area (TPSA) is 93.2 Å². The second-order valence-electron chi connectivity index (χ2n) is 3.64. The van der Waals surface area contributed by atoms with Gasteiger partial charge in [-0.2, -0.15) is 0 Å². The first kappa shape index (κ1) is 12.8. The Balaban J connectivity index is 2.30. The monoisotopic (exact) mass is 260 g/mol. The predicted octanol–water partition coefficient (Wildman–Crippen LogP) is 3.17. The molecular formula is C12H12N4O3. The van der Waals surface area contributed by atoms with Crippen LogP contribution in [0.3, 0.4) is 0 Å². The molecule has 1 heterocycles. The largest absolute Gasteiger partial charge is 0.493 e. The van der Waals surface area contributed by atoms with Gasteiger partial charge in [0.2, 0.25) is 0 Å². The minimum atomic E-state index is 0.136. The van der Waals surface area contributed by atoms with Crippen molar-refractivity contribution in [3.63, 3.8) is 0 Å². The summed E-state index contributed by atoms with van der Waals surface area (Å²) in [5, 5.41) is 7.33. The van der Waals surface area contributed by atoms with Gasteiger partial charge in [0.25, 0.3) is 0 Å². The van der Waals surface area contributed by atoms with Crippen molar-refractivity contribution >= 4 is 0 Å². The first-order valence-corrected chi connectivity index (χ1v) is 5.47. The lowest BCUT2D eigenvalue weighted by Crippen LogP contribution is -1.90. The van der Waals surface area contributed by atoms with E-state index in [1.165, 1.54) is 0 Å². The molecule has 0 spiro atoms. The van der Waals surface area contributed by atoms with Crippen molar-refractivity contribution in [2.75, 3.05) is 14.2 Å². The van der Waals surface area contributed by atoms with Gasteiger partial charge in [0.15, 0.2) is 11.5 Å². The van der Waals surface area contributed by atoms with Gasteiger partial charge in [0.1, 0.15) is 11.5 Å². The van der Waals surface area contributed by atoms with Crippen molar-refractivity contribution in [2.45, 2.75) is 6.54 Å². The summed E-state index contributed by atoms with van der Waals surface area (Å²) in [6.45, 7) is 0.136. The molecule has 7 heteroatoms. The fourth-order valence-corrected chi connectivity index (χ4v) is 1.62. The summed E-state index contributed by atoms with van der Waals surface area (Å²) in [5.74, 6) is 1.76. The van der Waals surface area contributed by atoms with Crippen LogP contribution in [0.1, 0.15) is 5.76 Å². The normalized spacial score (nSPS) is 9.79. The van der Waals surface area contributed by atoms with Gasteiger partial charge in [0.05, 0.1) is 20.8 Å². The summed E-state index contributed by atoms with van der Waals surface area (Å²) in [5.41, 5.74) is 9.71. The molecule has 19 heavy (non-hydrogen) atoms. The third-order valence-electron chi connectivity index (χ3n) is 2.53. The van der Waals surface area contributed by atoms with E-state index in [4.69, 9.17) is 19.5 Å². The lowest BCUT2D eigenvalue weighted by molar-refractivity contribution is 0.355. The van der Waals surface area contributed by atoms with Crippen LogP contribution in [0.4, 0.5) is 0 Å². The van der Waals surface area contributed by atoms with Gasteiger partial charge in [-0.3, -0.25) is 0 Å². The van der Waals surface area contributed by atoms with Crippen molar-refractivity contribution in [3.05, 3.63) is 40.5 Å². The molecule has 0 fully saturated rings. The average molecular weight is 260 g/mol. The molecule has 0 amide bonds. The molecule has 0 radical (unpaired) electrons. The molecule has 98 valence electrons. The number of rotatable bonds is 5. The van der Waals surface area contributed by atoms with E-state index in [0.717, 1.165) is 5.56 Å². The maximum absolute atomic E-state index is 8.24. The highest BCUT2D eigenvalue weighted by molar-refractivity contribution is 5.63. The molecule has 0 bridgehead atoms. The molecule has 1 aromatic carbocycles. The van der Waals surface area contributed by atoms with Crippen LogP contribution in [-0.4, -0.2) is 19.4 Å². The second kappa shape index (κ2) is 5.79. The minimum absolute atomic E-state index is 0.136. The molecule has 0 aliphatic heterocycles. The number of hydrogen-bond acceptors (Lipinski definition) is 5. The maximum atomic E-state index is 8.24. The van der Waals surface area contributed by atoms with Crippen molar-refractivity contribution in [1.82, 2.24) is 5.16 Å². The Labute approximate surface area is 109 Å². The van der Waals surface area contributed by atoms with E-state index in [1.54, 1.807) is 32.4 Å². The molecule has 0 N–H and O–H groups in total. The van der Waals surface area contributed by atoms with E-state index in [2.05, 4.69) is 15.2 Å². The summed E-state index contributed by atoms with van der Waals surface area (Å²) in [6.07, 6.45) is 0. The number of aromatic nitrogens is 1. The zero-order valence-corrected chi connectivity index (χ0v) is 10.5. The summed E-state index contributed by atoms with van der Waals surface area (Å²) in [6, 6.07) is 7.15. The van der Waals surface area contributed by atoms with Gasteiger partial charge in [-0.15, -0.1) is 0 Å². The Morgan fingerprint density at radius 3 is 2.74 bits per heavy atom. The quantitative estimate of drug-likeness (QED) is 0.468. The van der Waals surface area contributed by atoms with Crippen molar-refractivity contribution in [2.24, 2.45) is 5.11 Å². The molecule has 0 aliphatic carbocycles. The van der Waals surface area contributed by atoms with Gasteiger partial charge in [0, 0.05) is 16.5 Å². The lowest BCUT2D eigenvalue weighted by Gasteiger charge is -2.07. The van der Waals surface area contributed by atoms with Gasteiger partial charge < -0.3 is 14.0 Å². The van der Waals surface area contributed by atoms with Crippen molar-refractivity contribution in [3.8, 4) is 22.8 Å². The van der Waals surface area contributed by atoms with E-state index >= 15 is 0 Å². The highest BCUT2D eigenvalue weighted by atomic mass is 16.5. The fourth-order valence-electron chi connectivity index (χ4n) is 1.62. The molecular weight excluding hydrogens is 248 g/mol. The van der Waals surface area contributed by atoms with Crippen LogP contribution in [0.25, 0.3) is 21.7 Å². The maximum Gasteiger partial charge on any atom is 0.161 e. The van der Waals surface area contributed by atoms with E-state index in [1.807, 2.05) is 6.07 Å². The zero-order valence-electron chi connectivity index (χ0n) is 10.5. The molecule has 0 aliphatic rings. The van der Waals surface area contributed by atoms with Crippen LogP contribution >= 0.6 is 0 Å². The first-order valence-electron chi connectivity index (χ1n) is 5.47. The molecule has 0 saturated heterocycles. The molecule has 7 nitrogen and oxygen atoms in total. The van der Waals surface area contributed by atoms with Crippen LogP contribution in [0, 0.1) is 0 Å². The third kappa shape index (κ3) is 2.78. The molecule has 0 saturated carbocycles. The Morgan fingerprint density at radius 1 is 1.26 bits per heavy atom. The summed E-state index contributed by atoms with van der Waals surface area (Å²) >= 11 is 0. The number of hydrogen-bond donors (Lipinski definition) is 0. The molecule has 0 unspecified atom stereocenters. The fraction of sp³-hybridized carbons (Fsp3) is 0.250. The van der Waals surface area contributed by atoms with Crippen LogP contribution in [0.2, 0.25) is 0 Å². The summed E-state index contributed by atoms with van der Waals surface area (Å²) in [7, 11) is 3.14. The number of azide groups is 1. The van der Waals surface area contributed by atoms with Gasteiger partial charge in [-0.1, -0.05) is 10.3 Å². The molecule has 0 atom stereocenters. The summed E-state index contributed by atoms with van der Waals surface area (Å²) in [4.78, 5) is 2.66. The average Bonchev–Trinajstić information content (AvgIpc) is 2.93. The predicted molar refractivity (Wildman–Crippen MR) is 67.9 cm³/mol. The summed E-state index contributed by atoms with van der Waals surface area (Å²) < 4.78 is 15.4. The minimum Gasteiger partial charge on any atom is -0.493 e. The van der Waals surface area contributed by atoms with E-state index in [0.29, 0.717) is 23.0 Å². The Morgan fingerprint density at radius 2 is 2.05 bits per heavy atom. The lowest BCUT2D eigenvalue weighted by atomic mass is 10.1. The van der Waals surface area contributed by atoms with Crippen LogP contribution in [-0.2, 0) is 6.54 Å². The molecule has 2 rings (SSSR count). The highest BCUT2D eigenvalue weighted by Gasteiger charge is 2.10. The Hall–Kier alpha value is -2.66. The van der Waals surface area contributed by atoms with Crippen molar-refractivity contribution in [1.29, 1.82) is 0 Å². The third-order valence-corrected chi connectivity index (χ3v) is 2.53. The van der Waals surface area contributed by atoms with Gasteiger partial charge in [-0.05, 0) is 23.7 Å². The zero-order chi connectivity index (χ0) is 13.7. The standard InChI is InChI=1S/C12H12N4O3/c1-17-11-4-3-8(5-12(11)18-2)10-6-9(19-15-10)7-14-16-13/h3-6H,7H2,1-2H3. The van der Waals surface area contributed by atoms with E-state index in [9.17, 15) is 0 Å². The van der Waals surface area contributed by atoms with E-state index in [-0.39, 0.29) is 6.54 Å². The van der Waals surface area contributed by atoms with Crippen LogP contribution in [0.5, 0.6) is 11.5 Å². The van der Waals surface area contributed by atoms with Gasteiger partial charge >= 0.3 is 0 Å². The van der Waals surface area contributed by atoms with Crippen LogP contribution in [0.15, 0.2) is 33.9 Å². The Bertz CT molecular complexity index is 617. The highest BCUT2D eigenvalue weighted by Crippen LogP contribution is 2.32. The van der Waals surface area contributed by atoms with Gasteiger partial charge in [-0.25, -0.2) is 0 Å². The molecule has 2 aromatic rings. The molecule has 1 aromatic heterocycles.